The summed E-state index contributed by atoms with van der Waals surface area (Å²) in [4.78, 5) is 4.25. The van der Waals surface area contributed by atoms with E-state index in [-0.39, 0.29) is 0 Å². The normalized spacial score (nSPS) is 10.6. The molecule has 24 heavy (non-hydrogen) atoms. The lowest BCUT2D eigenvalue weighted by Gasteiger charge is -2.07. The topological polar surface area (TPSA) is 62.6 Å². The molecule has 0 bridgehead atoms. The van der Waals surface area contributed by atoms with Crippen LogP contribution in [0.2, 0.25) is 0 Å². The molecule has 5 heteroatoms. The molecule has 4 nitrogen and oxygen atoms in total. The monoisotopic (exact) mass is 327 g/mol. The Bertz CT molecular complexity index is 585. The van der Waals surface area contributed by atoms with Crippen LogP contribution in [0.25, 0.3) is 11.3 Å². The summed E-state index contributed by atoms with van der Waals surface area (Å²) in [6.45, 7) is 2.99. The van der Waals surface area contributed by atoms with Crippen molar-refractivity contribution < 1.29 is 14.8 Å². The summed E-state index contributed by atoms with van der Waals surface area (Å²) < 4.78 is 5.77. The van der Waals surface area contributed by atoms with Gasteiger partial charge in [-0.2, -0.15) is 0 Å². The summed E-state index contributed by atoms with van der Waals surface area (Å²) >= 11 is 0. The van der Waals surface area contributed by atoms with Gasteiger partial charge < -0.3 is 14.8 Å². The van der Waals surface area contributed by atoms with Crippen molar-refractivity contribution in [2.45, 2.75) is 45.4 Å². The summed E-state index contributed by atoms with van der Waals surface area (Å²) in [6.07, 6.45) is 9.02. The van der Waals surface area contributed by atoms with E-state index in [1.807, 2.05) is 24.3 Å². The van der Waals surface area contributed by atoms with Gasteiger partial charge >= 0.3 is 7.12 Å². The second kappa shape index (κ2) is 10.1. The maximum Gasteiger partial charge on any atom is 0.490 e. The second-order valence-electron chi connectivity index (χ2n) is 5.99. The summed E-state index contributed by atoms with van der Waals surface area (Å²) in [7, 11) is -1.48. The van der Waals surface area contributed by atoms with Gasteiger partial charge in [0.05, 0.1) is 12.3 Å². The summed E-state index contributed by atoms with van der Waals surface area (Å²) in [5, 5.41) is 18.2. The van der Waals surface area contributed by atoms with Crippen molar-refractivity contribution in [3.05, 3.63) is 42.6 Å². The number of hydrogen-bond acceptors (Lipinski definition) is 4. The first kappa shape index (κ1) is 18.5. The number of unbranched alkanes of at least 4 members (excludes halogenated alkanes) is 5. The Morgan fingerprint density at radius 1 is 0.917 bits per heavy atom. The molecule has 0 radical (unpaired) electrons. The van der Waals surface area contributed by atoms with Crippen LogP contribution >= 0.6 is 0 Å². The van der Waals surface area contributed by atoms with Crippen LogP contribution < -0.4 is 10.2 Å². The van der Waals surface area contributed by atoms with E-state index in [4.69, 9.17) is 14.8 Å². The molecule has 1 aromatic heterocycles. The number of pyridine rings is 1. The zero-order valence-corrected chi connectivity index (χ0v) is 14.3. The van der Waals surface area contributed by atoms with Crippen molar-refractivity contribution in [1.82, 2.24) is 4.98 Å². The van der Waals surface area contributed by atoms with Crippen molar-refractivity contribution in [3.63, 3.8) is 0 Å². The first-order chi connectivity index (χ1) is 11.7. The van der Waals surface area contributed by atoms with E-state index in [1.54, 1.807) is 12.1 Å². The van der Waals surface area contributed by atoms with E-state index in [1.165, 1.54) is 38.3 Å². The van der Waals surface area contributed by atoms with Crippen molar-refractivity contribution in [2.75, 3.05) is 6.61 Å². The third-order valence-electron chi connectivity index (χ3n) is 4.00. The molecule has 0 unspecified atom stereocenters. The van der Waals surface area contributed by atoms with Crippen LogP contribution in [0.1, 0.15) is 45.4 Å². The Morgan fingerprint density at radius 2 is 1.62 bits per heavy atom. The van der Waals surface area contributed by atoms with Gasteiger partial charge in [0.25, 0.3) is 0 Å². The molecule has 0 fully saturated rings. The number of aromatic nitrogens is 1. The fourth-order valence-corrected chi connectivity index (χ4v) is 2.52. The van der Waals surface area contributed by atoms with Crippen molar-refractivity contribution in [1.29, 1.82) is 0 Å². The number of nitrogens with zero attached hydrogens (tertiary/aromatic N) is 1. The second-order valence-corrected chi connectivity index (χ2v) is 5.99. The predicted molar refractivity (Wildman–Crippen MR) is 98.4 cm³/mol. The fourth-order valence-electron chi connectivity index (χ4n) is 2.52. The molecular formula is C19H26BNO3. The minimum atomic E-state index is -1.48. The minimum Gasteiger partial charge on any atom is -0.494 e. The van der Waals surface area contributed by atoms with Crippen molar-refractivity contribution in [2.24, 2.45) is 0 Å². The molecule has 0 spiro atoms. The van der Waals surface area contributed by atoms with Crippen molar-refractivity contribution >= 4 is 12.6 Å². The first-order valence-electron chi connectivity index (χ1n) is 8.76. The highest BCUT2D eigenvalue weighted by atomic mass is 16.5. The van der Waals surface area contributed by atoms with Crippen LogP contribution in [0.4, 0.5) is 0 Å². The average molecular weight is 327 g/mol. The number of hydrogen-bond donors (Lipinski definition) is 2. The zero-order valence-electron chi connectivity index (χ0n) is 14.3. The van der Waals surface area contributed by atoms with Crippen LogP contribution in [0.15, 0.2) is 42.6 Å². The van der Waals surface area contributed by atoms with E-state index < -0.39 is 7.12 Å². The molecule has 0 atom stereocenters. The van der Waals surface area contributed by atoms with Crippen LogP contribution in [0, 0.1) is 0 Å². The maximum absolute atomic E-state index is 9.08. The minimum absolute atomic E-state index is 0.387. The molecule has 0 saturated heterocycles. The predicted octanol–water partition coefficient (Wildman–Crippen LogP) is 3.17. The molecule has 1 aromatic carbocycles. The molecule has 128 valence electrons. The van der Waals surface area contributed by atoms with E-state index in [0.29, 0.717) is 5.46 Å². The van der Waals surface area contributed by atoms with Crippen LogP contribution in [0.5, 0.6) is 5.75 Å². The smallest absolute Gasteiger partial charge is 0.490 e. The molecule has 2 aromatic rings. The van der Waals surface area contributed by atoms with Gasteiger partial charge in [-0.3, -0.25) is 4.98 Å². The lowest BCUT2D eigenvalue weighted by atomic mass is 9.81. The Kier molecular flexibility index (Phi) is 7.79. The van der Waals surface area contributed by atoms with Gasteiger partial charge in [0, 0.05) is 17.2 Å². The number of benzene rings is 1. The van der Waals surface area contributed by atoms with Gasteiger partial charge in [0.15, 0.2) is 0 Å². The molecular weight excluding hydrogens is 301 g/mol. The quantitative estimate of drug-likeness (QED) is 0.520. The molecule has 0 aliphatic carbocycles. The molecule has 2 N–H and O–H groups in total. The number of rotatable bonds is 10. The SMILES string of the molecule is CCCCCCCCOc1ccc(-c2ccc(B(O)O)cn2)cc1. The Morgan fingerprint density at radius 3 is 2.25 bits per heavy atom. The lowest BCUT2D eigenvalue weighted by molar-refractivity contribution is 0.304. The third-order valence-corrected chi connectivity index (χ3v) is 4.00. The Labute approximate surface area is 144 Å². The Balaban J connectivity index is 1.78. The average Bonchev–Trinajstić information content (AvgIpc) is 2.61. The van der Waals surface area contributed by atoms with Crippen LogP contribution in [-0.4, -0.2) is 28.8 Å². The van der Waals surface area contributed by atoms with Gasteiger partial charge in [-0.25, -0.2) is 0 Å². The van der Waals surface area contributed by atoms with E-state index >= 15 is 0 Å². The molecule has 1 heterocycles. The molecule has 0 aliphatic heterocycles. The van der Waals surface area contributed by atoms with Gasteiger partial charge in [-0.05, 0) is 36.8 Å². The molecule has 0 aliphatic rings. The fraction of sp³-hybridized carbons (Fsp3) is 0.421. The highest BCUT2D eigenvalue weighted by Gasteiger charge is 2.11. The highest BCUT2D eigenvalue weighted by Crippen LogP contribution is 2.20. The van der Waals surface area contributed by atoms with E-state index in [9.17, 15) is 0 Å². The molecule has 2 rings (SSSR count). The standard InChI is InChI=1S/C19H26BNO3/c1-2-3-4-5-6-7-14-24-18-11-8-16(9-12-18)19-13-10-17(15-21-19)20(22)23/h8-13,15,22-23H,2-7,14H2,1H3. The molecule has 0 amide bonds. The Hall–Kier alpha value is -1.85. The summed E-state index contributed by atoms with van der Waals surface area (Å²) in [6, 6.07) is 11.3. The summed E-state index contributed by atoms with van der Waals surface area (Å²) in [5.41, 5.74) is 2.15. The first-order valence-corrected chi connectivity index (χ1v) is 8.76. The van der Waals surface area contributed by atoms with Crippen LogP contribution in [-0.2, 0) is 0 Å². The third kappa shape index (κ3) is 5.98. The van der Waals surface area contributed by atoms with Gasteiger partial charge in [0.1, 0.15) is 5.75 Å². The lowest BCUT2D eigenvalue weighted by Crippen LogP contribution is -2.29. The largest absolute Gasteiger partial charge is 0.494 e. The van der Waals surface area contributed by atoms with Gasteiger partial charge in [-0.1, -0.05) is 45.1 Å². The van der Waals surface area contributed by atoms with E-state index in [0.717, 1.165) is 30.0 Å². The van der Waals surface area contributed by atoms with Gasteiger partial charge in [-0.15, -0.1) is 0 Å². The maximum atomic E-state index is 9.08. The highest BCUT2D eigenvalue weighted by molar-refractivity contribution is 6.58. The molecule has 0 saturated carbocycles. The van der Waals surface area contributed by atoms with Gasteiger partial charge in [0.2, 0.25) is 0 Å². The van der Waals surface area contributed by atoms with E-state index in [2.05, 4.69) is 11.9 Å². The summed E-state index contributed by atoms with van der Waals surface area (Å²) in [5.74, 6) is 0.870. The van der Waals surface area contributed by atoms with Crippen LogP contribution in [0.3, 0.4) is 0 Å². The van der Waals surface area contributed by atoms with Crippen molar-refractivity contribution in [3.8, 4) is 17.0 Å². The zero-order chi connectivity index (χ0) is 17.2. The number of ether oxygens (including phenoxy) is 1.